The van der Waals surface area contributed by atoms with Crippen molar-refractivity contribution in [3.8, 4) is 0 Å². The maximum atomic E-state index is 5.95. The van der Waals surface area contributed by atoms with Gasteiger partial charge in [-0.15, -0.1) is 0 Å². The normalized spacial score (nSPS) is 25.2. The van der Waals surface area contributed by atoms with Crippen LogP contribution in [0.25, 0.3) is 0 Å². The van der Waals surface area contributed by atoms with Crippen molar-refractivity contribution in [1.29, 1.82) is 0 Å². The molecule has 1 aliphatic carbocycles. The van der Waals surface area contributed by atoms with E-state index in [1.165, 1.54) is 32.1 Å². The van der Waals surface area contributed by atoms with E-state index in [1.54, 1.807) is 7.11 Å². The molecule has 0 bridgehead atoms. The maximum Gasteiger partial charge on any atom is 0.219 e. The van der Waals surface area contributed by atoms with E-state index in [9.17, 15) is 0 Å². The largest absolute Gasteiger partial charge is 0.330 e. The summed E-state index contributed by atoms with van der Waals surface area (Å²) in [7, 11) is 1.57. The first-order chi connectivity index (χ1) is 5.64. The van der Waals surface area contributed by atoms with Crippen LogP contribution in [0.3, 0.4) is 0 Å². The van der Waals surface area contributed by atoms with Crippen LogP contribution in [-0.2, 0) is 16.3 Å². The Morgan fingerprint density at radius 2 is 2.00 bits per heavy atom. The molecule has 0 amide bonds. The van der Waals surface area contributed by atoms with Gasteiger partial charge in [-0.05, 0) is 35.9 Å². The summed E-state index contributed by atoms with van der Waals surface area (Å²) in [6.45, 7) is 0. The Balaban J connectivity index is 2.34. The highest BCUT2D eigenvalue weighted by Crippen LogP contribution is 2.48. The molecule has 1 unspecified atom stereocenters. The van der Waals surface area contributed by atoms with Crippen molar-refractivity contribution in [1.82, 2.24) is 5.09 Å². The zero-order valence-electron chi connectivity index (χ0n) is 7.25. The molecular weight excluding hydrogens is 213 g/mol. The molecule has 1 fully saturated rings. The van der Waals surface area contributed by atoms with Gasteiger partial charge in [0.25, 0.3) is 0 Å². The molecule has 0 saturated heterocycles. The van der Waals surface area contributed by atoms with E-state index < -0.39 is 5.77 Å². The van der Waals surface area contributed by atoms with Gasteiger partial charge in [0.15, 0.2) is 0 Å². The smallest absolute Gasteiger partial charge is 0.219 e. The van der Waals surface area contributed by atoms with E-state index in [2.05, 4.69) is 5.09 Å². The van der Waals surface area contributed by atoms with Crippen molar-refractivity contribution >= 4 is 28.8 Å². The van der Waals surface area contributed by atoms with E-state index >= 15 is 0 Å². The number of hydrogen-bond donors (Lipinski definition) is 1. The molecule has 1 atom stereocenters. The number of nitrogens with one attached hydrogen (secondary N) is 1. The van der Waals surface area contributed by atoms with Gasteiger partial charge in [-0.3, -0.25) is 5.09 Å². The van der Waals surface area contributed by atoms with Crippen molar-refractivity contribution in [2.24, 2.45) is 0 Å². The van der Waals surface area contributed by atoms with E-state index in [4.69, 9.17) is 27.6 Å². The molecule has 0 aromatic carbocycles. The highest BCUT2D eigenvalue weighted by molar-refractivity contribution is 8.23. The molecule has 1 saturated carbocycles. The van der Waals surface area contributed by atoms with Crippen molar-refractivity contribution in [3.05, 3.63) is 0 Å². The van der Waals surface area contributed by atoms with E-state index in [-0.39, 0.29) is 0 Å². The van der Waals surface area contributed by atoms with Gasteiger partial charge in [0.05, 0.1) is 0 Å². The molecule has 12 heavy (non-hydrogen) atoms. The second-order valence-corrected chi connectivity index (χ2v) is 8.28. The highest BCUT2D eigenvalue weighted by Gasteiger charge is 2.20. The van der Waals surface area contributed by atoms with E-state index in [0.717, 1.165) is 0 Å². The summed E-state index contributed by atoms with van der Waals surface area (Å²) in [6, 6.07) is 0.488. The quantitative estimate of drug-likeness (QED) is 0.749. The fraction of sp³-hybridized carbons (Fsp3) is 1.00. The Morgan fingerprint density at radius 1 is 1.42 bits per heavy atom. The first-order valence-electron chi connectivity index (χ1n) is 4.27. The Kier molecular flexibility index (Phi) is 4.49. The van der Waals surface area contributed by atoms with Crippen molar-refractivity contribution in [3.63, 3.8) is 0 Å². The molecule has 0 aromatic heterocycles. The van der Waals surface area contributed by atoms with Gasteiger partial charge in [0.1, 0.15) is 0 Å². The van der Waals surface area contributed by atoms with Crippen molar-refractivity contribution in [2.75, 3.05) is 7.11 Å². The molecule has 0 aliphatic heterocycles. The van der Waals surface area contributed by atoms with E-state index in [0.29, 0.717) is 6.04 Å². The third-order valence-corrected chi connectivity index (χ3v) is 4.79. The molecule has 1 aliphatic rings. The summed E-state index contributed by atoms with van der Waals surface area (Å²) < 4.78 is 5.02. The van der Waals surface area contributed by atoms with Crippen LogP contribution in [0.4, 0.5) is 0 Å². The van der Waals surface area contributed by atoms with Crippen LogP contribution in [0, 0.1) is 0 Å². The lowest BCUT2D eigenvalue weighted by Crippen LogP contribution is -2.27. The molecule has 0 spiro atoms. The first-order valence-corrected chi connectivity index (χ1v) is 7.90. The number of halogens is 1. The third-order valence-electron chi connectivity index (χ3n) is 2.18. The van der Waals surface area contributed by atoms with Gasteiger partial charge in [0.2, 0.25) is 5.77 Å². The van der Waals surface area contributed by atoms with Crippen molar-refractivity contribution < 1.29 is 4.52 Å². The maximum absolute atomic E-state index is 5.95. The summed E-state index contributed by atoms with van der Waals surface area (Å²) in [6.07, 6.45) is 6.29. The van der Waals surface area contributed by atoms with Gasteiger partial charge in [-0.1, -0.05) is 19.3 Å². The molecule has 2 nitrogen and oxygen atoms in total. The van der Waals surface area contributed by atoms with Gasteiger partial charge in [-0.2, -0.15) is 0 Å². The minimum atomic E-state index is -2.19. The molecule has 0 heterocycles. The summed E-state index contributed by atoms with van der Waals surface area (Å²) in [5, 5.41) is 3.21. The summed E-state index contributed by atoms with van der Waals surface area (Å²) in [5.41, 5.74) is 0. The molecule has 0 radical (unpaired) electrons. The van der Waals surface area contributed by atoms with Gasteiger partial charge < -0.3 is 4.52 Å². The minimum absolute atomic E-state index is 0.488. The monoisotopic (exact) mass is 227 g/mol. The van der Waals surface area contributed by atoms with Crippen LogP contribution in [0.5, 0.6) is 0 Å². The lowest BCUT2D eigenvalue weighted by atomic mass is 9.96. The Labute approximate surface area is 83.9 Å². The molecular formula is C7H15ClNOPS. The van der Waals surface area contributed by atoms with Crippen LogP contribution in [-0.4, -0.2) is 13.2 Å². The zero-order chi connectivity index (χ0) is 9.03. The van der Waals surface area contributed by atoms with Crippen LogP contribution in [0.15, 0.2) is 0 Å². The summed E-state index contributed by atoms with van der Waals surface area (Å²) in [4.78, 5) is 0. The van der Waals surface area contributed by atoms with Crippen LogP contribution >= 0.6 is 17.0 Å². The Bertz CT molecular complexity index is 184. The second-order valence-electron chi connectivity index (χ2n) is 3.13. The Hall–Kier alpha value is 0.860. The van der Waals surface area contributed by atoms with Gasteiger partial charge >= 0.3 is 0 Å². The summed E-state index contributed by atoms with van der Waals surface area (Å²) in [5.74, 6) is -2.19. The SMILES string of the molecule is COP(=S)(Cl)NC1CCCCC1. The second kappa shape index (κ2) is 4.92. The van der Waals surface area contributed by atoms with Gasteiger partial charge in [0, 0.05) is 13.2 Å². The fourth-order valence-electron chi connectivity index (χ4n) is 1.50. The fourth-order valence-corrected chi connectivity index (χ4v) is 3.16. The van der Waals surface area contributed by atoms with Crippen LogP contribution in [0.2, 0.25) is 0 Å². The summed E-state index contributed by atoms with van der Waals surface area (Å²) >= 11 is 11.0. The first kappa shape index (κ1) is 10.9. The lowest BCUT2D eigenvalue weighted by Gasteiger charge is -2.26. The molecule has 1 N–H and O–H groups in total. The van der Waals surface area contributed by atoms with Crippen LogP contribution in [0.1, 0.15) is 32.1 Å². The highest BCUT2D eigenvalue weighted by atomic mass is 35.7. The molecule has 1 rings (SSSR count). The predicted molar refractivity (Wildman–Crippen MR) is 57.2 cm³/mol. The molecule has 0 aromatic rings. The van der Waals surface area contributed by atoms with Crippen LogP contribution < -0.4 is 5.09 Å². The minimum Gasteiger partial charge on any atom is -0.330 e. The van der Waals surface area contributed by atoms with Gasteiger partial charge in [-0.25, -0.2) is 0 Å². The molecule has 5 heteroatoms. The topological polar surface area (TPSA) is 21.3 Å². The number of rotatable bonds is 3. The number of hydrogen-bond acceptors (Lipinski definition) is 2. The lowest BCUT2D eigenvalue weighted by molar-refractivity contribution is 0.397. The standard InChI is InChI=1S/C7H15ClNOPS/c1-10-11(8,12)9-7-5-3-2-4-6-7/h7H,2-6H2,1H3,(H,9,12). The zero-order valence-corrected chi connectivity index (χ0v) is 9.72. The van der Waals surface area contributed by atoms with Crippen molar-refractivity contribution in [2.45, 2.75) is 38.1 Å². The Morgan fingerprint density at radius 3 is 2.50 bits per heavy atom. The van der Waals surface area contributed by atoms with E-state index in [1.807, 2.05) is 0 Å². The predicted octanol–water partition coefficient (Wildman–Crippen LogP) is 3.02. The average molecular weight is 228 g/mol. The third kappa shape index (κ3) is 3.71. The average Bonchev–Trinajstić information content (AvgIpc) is 2.06. The molecule has 72 valence electrons.